The third kappa shape index (κ3) is 4.96. The van der Waals surface area contributed by atoms with Crippen molar-refractivity contribution in [3.63, 3.8) is 0 Å². The molecule has 2 aliphatic rings. The molecule has 0 radical (unpaired) electrons. The number of piperidine rings is 1. The first-order valence-electron chi connectivity index (χ1n) is 11.2. The van der Waals surface area contributed by atoms with Crippen LogP contribution in [0.3, 0.4) is 0 Å². The standard InChI is InChI=1S/C27H31N3O.2H2/c1-20-11-9-14-24(21(20)2)26(25-15-5-3-6-16-28-25)22-12-10-13-23(19-22)29-27(31)30-17-7-4-8-18-30;;/h3,5,9-16,19,26H,4,6-8,17-18H2,1-2H3,(H,29,31);2*1H. The molecular weight excluding hydrogens is 382 g/mol. The van der Waals surface area contributed by atoms with Gasteiger partial charge in [0.05, 0.1) is 11.6 Å². The van der Waals surface area contributed by atoms with E-state index in [0.29, 0.717) is 0 Å². The maximum absolute atomic E-state index is 12.7. The largest absolute Gasteiger partial charge is 0.325 e. The molecule has 2 aliphatic heterocycles. The lowest BCUT2D eigenvalue weighted by atomic mass is 9.84. The summed E-state index contributed by atoms with van der Waals surface area (Å²) in [6.45, 7) is 6.00. The summed E-state index contributed by atoms with van der Waals surface area (Å²) in [5.74, 6) is 0.00531. The molecule has 0 aliphatic carbocycles. The Morgan fingerprint density at radius 1 is 1.10 bits per heavy atom. The van der Waals surface area contributed by atoms with Gasteiger partial charge >= 0.3 is 6.03 Å². The summed E-state index contributed by atoms with van der Waals surface area (Å²) in [5, 5.41) is 3.11. The molecule has 1 N–H and O–H groups in total. The van der Waals surface area contributed by atoms with Gasteiger partial charge in [-0.3, -0.25) is 4.99 Å². The van der Waals surface area contributed by atoms with Gasteiger partial charge < -0.3 is 10.2 Å². The number of benzene rings is 2. The van der Waals surface area contributed by atoms with Crippen LogP contribution in [0, 0.1) is 13.8 Å². The molecule has 4 nitrogen and oxygen atoms in total. The molecule has 0 spiro atoms. The number of amides is 2. The Hall–Kier alpha value is -3.14. The minimum absolute atomic E-state index is 0. The van der Waals surface area contributed by atoms with Gasteiger partial charge in [0.15, 0.2) is 0 Å². The first kappa shape index (κ1) is 21.1. The van der Waals surface area contributed by atoms with E-state index in [2.05, 4.69) is 67.7 Å². The molecule has 164 valence electrons. The number of nitrogens with zero attached hydrogens (tertiary/aromatic N) is 2. The Bertz CT molecular complexity index is 1040. The van der Waals surface area contributed by atoms with E-state index in [-0.39, 0.29) is 14.8 Å². The van der Waals surface area contributed by atoms with Gasteiger partial charge in [-0.1, -0.05) is 42.5 Å². The van der Waals surface area contributed by atoms with Crippen LogP contribution >= 0.6 is 0 Å². The Labute approximate surface area is 188 Å². The second-order valence-corrected chi connectivity index (χ2v) is 8.39. The lowest BCUT2D eigenvalue weighted by Crippen LogP contribution is -2.38. The number of urea groups is 1. The summed E-state index contributed by atoms with van der Waals surface area (Å²) in [5.41, 5.74) is 6.77. The van der Waals surface area contributed by atoms with Crippen molar-refractivity contribution in [2.24, 2.45) is 4.99 Å². The van der Waals surface area contributed by atoms with Gasteiger partial charge in [0, 0.05) is 34.3 Å². The second-order valence-electron chi connectivity index (χ2n) is 8.39. The van der Waals surface area contributed by atoms with Crippen molar-refractivity contribution in [1.29, 1.82) is 0 Å². The maximum atomic E-state index is 12.7. The van der Waals surface area contributed by atoms with Crippen LogP contribution in [0.2, 0.25) is 0 Å². The summed E-state index contributed by atoms with van der Waals surface area (Å²) in [4.78, 5) is 19.4. The van der Waals surface area contributed by atoms with Crippen LogP contribution in [0.25, 0.3) is 0 Å². The van der Waals surface area contributed by atoms with E-state index >= 15 is 0 Å². The van der Waals surface area contributed by atoms with Crippen LogP contribution in [0.15, 0.2) is 71.4 Å². The number of carbonyl (C=O) groups excluding carboxylic acids is 1. The average molecular weight is 418 g/mol. The number of hydrogen-bond acceptors (Lipinski definition) is 2. The second kappa shape index (κ2) is 9.78. The van der Waals surface area contributed by atoms with E-state index < -0.39 is 0 Å². The Balaban J connectivity index is 0.00000193. The van der Waals surface area contributed by atoms with Crippen molar-refractivity contribution >= 4 is 17.9 Å². The molecule has 0 saturated carbocycles. The predicted octanol–water partition coefficient (Wildman–Crippen LogP) is 6.86. The molecule has 1 fully saturated rings. The van der Waals surface area contributed by atoms with Crippen molar-refractivity contribution in [2.75, 3.05) is 18.4 Å². The molecular formula is C27H35N3O. The number of anilines is 1. The van der Waals surface area contributed by atoms with Crippen molar-refractivity contribution in [3.8, 4) is 0 Å². The normalized spacial score (nSPS) is 17.1. The summed E-state index contributed by atoms with van der Waals surface area (Å²) >= 11 is 0. The van der Waals surface area contributed by atoms with E-state index in [1.54, 1.807) is 0 Å². The number of likely N-dealkylation sites (tertiary alicyclic amines) is 1. The highest BCUT2D eigenvalue weighted by molar-refractivity contribution is 5.89. The zero-order valence-corrected chi connectivity index (χ0v) is 18.5. The van der Waals surface area contributed by atoms with Gasteiger partial charge in [-0.2, -0.15) is 0 Å². The zero-order chi connectivity index (χ0) is 21.6. The summed E-state index contributed by atoms with van der Waals surface area (Å²) in [6.07, 6.45) is 12.5. The SMILES string of the molecule is Cc1cccc(C(C2=CC=CCC=N2)c2cccc(NC(=O)N3CCCCC3)c2)c1C.[HH].[HH]. The zero-order valence-electron chi connectivity index (χ0n) is 18.5. The van der Waals surface area contributed by atoms with Gasteiger partial charge in [0.1, 0.15) is 0 Å². The molecule has 4 rings (SSSR count). The first-order valence-corrected chi connectivity index (χ1v) is 11.2. The Kier molecular flexibility index (Phi) is 6.66. The fourth-order valence-corrected chi connectivity index (χ4v) is 4.37. The topological polar surface area (TPSA) is 44.7 Å². The number of carbonyl (C=O) groups is 1. The predicted molar refractivity (Wildman–Crippen MR) is 133 cm³/mol. The minimum atomic E-state index is -0.00484. The molecule has 2 amide bonds. The molecule has 1 atom stereocenters. The van der Waals surface area contributed by atoms with Crippen LogP contribution in [0.5, 0.6) is 0 Å². The maximum Gasteiger partial charge on any atom is 0.321 e. The van der Waals surface area contributed by atoms with Gasteiger partial charge in [-0.15, -0.1) is 0 Å². The molecule has 0 aromatic heterocycles. The van der Waals surface area contributed by atoms with E-state index in [9.17, 15) is 4.79 Å². The summed E-state index contributed by atoms with van der Waals surface area (Å²) in [7, 11) is 0. The third-order valence-corrected chi connectivity index (χ3v) is 6.25. The molecule has 2 aromatic carbocycles. The number of allylic oxidation sites excluding steroid dienone is 4. The Morgan fingerprint density at radius 3 is 2.74 bits per heavy atom. The van der Waals surface area contributed by atoms with E-state index in [1.165, 1.54) is 23.1 Å². The number of nitrogens with one attached hydrogen (secondary N) is 1. The summed E-state index contributed by atoms with van der Waals surface area (Å²) in [6, 6.07) is 14.7. The smallest absolute Gasteiger partial charge is 0.321 e. The van der Waals surface area contributed by atoms with E-state index in [4.69, 9.17) is 4.99 Å². The Morgan fingerprint density at radius 2 is 1.90 bits per heavy atom. The fourth-order valence-electron chi connectivity index (χ4n) is 4.37. The number of aryl methyl sites for hydroxylation is 1. The quantitative estimate of drug-likeness (QED) is 0.580. The lowest BCUT2D eigenvalue weighted by molar-refractivity contribution is 0.200. The number of hydrogen-bond donors (Lipinski definition) is 1. The van der Waals surface area contributed by atoms with Crippen LogP contribution in [0.1, 0.15) is 56.7 Å². The molecule has 2 heterocycles. The number of aliphatic imine (C=N–C) groups is 1. The van der Waals surface area contributed by atoms with Crippen molar-refractivity contribution < 1.29 is 7.65 Å². The molecule has 4 heteroatoms. The van der Waals surface area contributed by atoms with Crippen molar-refractivity contribution in [1.82, 2.24) is 4.90 Å². The van der Waals surface area contributed by atoms with Gasteiger partial charge in [-0.25, -0.2) is 4.79 Å². The molecule has 1 saturated heterocycles. The highest BCUT2D eigenvalue weighted by Gasteiger charge is 2.22. The van der Waals surface area contributed by atoms with Gasteiger partial charge in [0.2, 0.25) is 0 Å². The molecule has 0 bridgehead atoms. The van der Waals surface area contributed by atoms with E-state index in [1.807, 2.05) is 23.2 Å². The van der Waals surface area contributed by atoms with Crippen molar-refractivity contribution in [3.05, 3.63) is 88.6 Å². The highest BCUT2D eigenvalue weighted by atomic mass is 16.2. The highest BCUT2D eigenvalue weighted by Crippen LogP contribution is 2.36. The van der Waals surface area contributed by atoms with Crippen LogP contribution in [-0.2, 0) is 0 Å². The minimum Gasteiger partial charge on any atom is -0.325 e. The molecule has 31 heavy (non-hydrogen) atoms. The van der Waals surface area contributed by atoms with Crippen LogP contribution in [-0.4, -0.2) is 30.2 Å². The average Bonchev–Trinajstić information content (AvgIpc) is 3.07. The fraction of sp³-hybridized carbons (Fsp3) is 0.333. The van der Waals surface area contributed by atoms with Crippen LogP contribution < -0.4 is 5.32 Å². The third-order valence-electron chi connectivity index (χ3n) is 6.25. The van der Waals surface area contributed by atoms with Gasteiger partial charge in [-0.05, 0) is 73.6 Å². The first-order chi connectivity index (χ1) is 15.1. The van der Waals surface area contributed by atoms with Crippen molar-refractivity contribution in [2.45, 2.75) is 45.4 Å². The number of rotatable bonds is 4. The van der Waals surface area contributed by atoms with Gasteiger partial charge in [0.25, 0.3) is 0 Å². The molecule has 1 unspecified atom stereocenters. The lowest BCUT2D eigenvalue weighted by Gasteiger charge is -2.27. The molecule has 2 aromatic rings. The summed E-state index contributed by atoms with van der Waals surface area (Å²) < 4.78 is 0. The van der Waals surface area contributed by atoms with E-state index in [0.717, 1.165) is 49.3 Å². The van der Waals surface area contributed by atoms with Crippen LogP contribution in [0.4, 0.5) is 10.5 Å². The monoisotopic (exact) mass is 417 g/mol.